The van der Waals surface area contributed by atoms with Gasteiger partial charge in [-0.3, -0.25) is 19.8 Å². The van der Waals surface area contributed by atoms with Gasteiger partial charge in [-0.1, -0.05) is 35.3 Å². The second-order valence-electron chi connectivity index (χ2n) is 9.76. The molecule has 1 aliphatic heterocycles. The standard InChI is InChI=1S/C32H24Cl2IN3O5S/c1-18-4-8-22(15-25(18)33)36-32-37(24-9-5-19(2)26(34)16-24)31(39)29(44-32)14-21-12-27(35)30(28(13-21)42-3)43-17-20-6-10-23(11-7-20)38(40)41/h4-16H,17H2,1-3H3/b29-14+,36-32?. The Balaban J connectivity index is 1.47. The smallest absolute Gasteiger partial charge is 0.271 e. The maximum absolute atomic E-state index is 13.8. The lowest BCUT2D eigenvalue weighted by Crippen LogP contribution is -2.28. The van der Waals surface area contributed by atoms with Crippen LogP contribution in [0.1, 0.15) is 22.3 Å². The molecule has 12 heteroatoms. The fourth-order valence-corrected chi connectivity index (χ4v) is 6.37. The summed E-state index contributed by atoms with van der Waals surface area (Å²) < 4.78 is 12.4. The van der Waals surface area contributed by atoms with Gasteiger partial charge in [0.15, 0.2) is 16.7 Å². The lowest BCUT2D eigenvalue weighted by Gasteiger charge is -2.17. The predicted molar refractivity (Wildman–Crippen MR) is 186 cm³/mol. The molecule has 8 nitrogen and oxygen atoms in total. The number of hydrogen-bond donors (Lipinski definition) is 0. The van der Waals surface area contributed by atoms with Crippen molar-refractivity contribution in [2.75, 3.05) is 12.0 Å². The molecule has 1 fully saturated rings. The summed E-state index contributed by atoms with van der Waals surface area (Å²) in [7, 11) is 1.54. The fourth-order valence-electron chi connectivity index (χ4n) is 4.24. The molecular weight excluding hydrogens is 736 g/mol. The summed E-state index contributed by atoms with van der Waals surface area (Å²) in [5.41, 5.74) is 4.55. The first kappa shape index (κ1) is 31.8. The largest absolute Gasteiger partial charge is 0.493 e. The van der Waals surface area contributed by atoms with Crippen molar-refractivity contribution in [1.82, 2.24) is 0 Å². The van der Waals surface area contributed by atoms with Gasteiger partial charge in [-0.15, -0.1) is 0 Å². The zero-order chi connectivity index (χ0) is 31.5. The van der Waals surface area contributed by atoms with Crippen LogP contribution in [0, 0.1) is 27.5 Å². The molecule has 0 spiro atoms. The van der Waals surface area contributed by atoms with E-state index in [9.17, 15) is 14.9 Å². The molecule has 5 rings (SSSR count). The van der Waals surface area contributed by atoms with E-state index >= 15 is 0 Å². The predicted octanol–water partition coefficient (Wildman–Crippen LogP) is 9.52. The van der Waals surface area contributed by atoms with Crippen molar-refractivity contribution in [2.24, 2.45) is 4.99 Å². The first-order chi connectivity index (χ1) is 21.0. The minimum atomic E-state index is -0.445. The van der Waals surface area contributed by atoms with Crippen LogP contribution in [0.2, 0.25) is 10.0 Å². The number of nitro benzene ring substituents is 1. The number of nitro groups is 1. The molecule has 1 saturated heterocycles. The minimum absolute atomic E-state index is 0.0116. The Morgan fingerprint density at radius 2 is 1.68 bits per heavy atom. The molecule has 0 unspecified atom stereocenters. The van der Waals surface area contributed by atoms with Crippen LogP contribution in [0.3, 0.4) is 0 Å². The molecule has 1 aliphatic rings. The molecule has 4 aromatic rings. The maximum Gasteiger partial charge on any atom is 0.271 e. The average Bonchev–Trinajstić information content (AvgIpc) is 3.29. The Labute approximate surface area is 282 Å². The number of methoxy groups -OCH3 is 1. The number of thioether (sulfide) groups is 1. The monoisotopic (exact) mass is 759 g/mol. The molecule has 224 valence electrons. The van der Waals surface area contributed by atoms with Gasteiger partial charge in [-0.2, -0.15) is 0 Å². The van der Waals surface area contributed by atoms with E-state index in [1.807, 2.05) is 44.2 Å². The number of anilines is 1. The highest BCUT2D eigenvalue weighted by atomic mass is 127. The van der Waals surface area contributed by atoms with E-state index in [2.05, 4.69) is 22.6 Å². The van der Waals surface area contributed by atoms with Gasteiger partial charge in [0.1, 0.15) is 6.61 Å². The molecule has 0 aliphatic carbocycles. The van der Waals surface area contributed by atoms with Gasteiger partial charge in [0.25, 0.3) is 11.6 Å². The molecule has 44 heavy (non-hydrogen) atoms. The third-order valence-corrected chi connectivity index (χ3v) is 9.26. The highest BCUT2D eigenvalue weighted by Crippen LogP contribution is 2.41. The summed E-state index contributed by atoms with van der Waals surface area (Å²) in [5.74, 6) is 0.749. The number of hydrogen-bond acceptors (Lipinski definition) is 7. The van der Waals surface area contributed by atoms with Gasteiger partial charge < -0.3 is 9.47 Å². The summed E-state index contributed by atoms with van der Waals surface area (Å²) in [6.07, 6.45) is 1.78. The van der Waals surface area contributed by atoms with Crippen molar-refractivity contribution in [2.45, 2.75) is 20.5 Å². The highest BCUT2D eigenvalue weighted by molar-refractivity contribution is 14.1. The Bertz CT molecular complexity index is 1850. The van der Waals surface area contributed by atoms with Gasteiger partial charge in [0.2, 0.25) is 0 Å². The van der Waals surface area contributed by atoms with Gasteiger partial charge in [0.05, 0.1) is 31.9 Å². The number of aryl methyl sites for hydroxylation is 2. The molecule has 0 saturated carbocycles. The number of carbonyl (C=O) groups is 1. The number of aliphatic imine (C=N–C) groups is 1. The van der Waals surface area contributed by atoms with Crippen molar-refractivity contribution in [1.29, 1.82) is 0 Å². The lowest BCUT2D eigenvalue weighted by atomic mass is 10.1. The van der Waals surface area contributed by atoms with Crippen LogP contribution in [-0.2, 0) is 11.4 Å². The highest BCUT2D eigenvalue weighted by Gasteiger charge is 2.35. The molecule has 0 N–H and O–H groups in total. The lowest BCUT2D eigenvalue weighted by molar-refractivity contribution is -0.384. The van der Waals surface area contributed by atoms with E-state index in [1.165, 1.54) is 31.0 Å². The molecule has 1 amide bonds. The number of amidine groups is 1. The third kappa shape index (κ3) is 7.04. The summed E-state index contributed by atoms with van der Waals surface area (Å²) in [4.78, 5) is 31.1. The zero-order valence-corrected chi connectivity index (χ0v) is 28.1. The number of non-ortho nitro benzene ring substituents is 1. The van der Waals surface area contributed by atoms with Crippen molar-refractivity contribution >= 4 is 91.8 Å². The van der Waals surface area contributed by atoms with Crippen LogP contribution in [0.5, 0.6) is 11.5 Å². The topological polar surface area (TPSA) is 94.3 Å². The maximum atomic E-state index is 13.8. The number of rotatable bonds is 8. The van der Waals surface area contributed by atoms with E-state index in [0.717, 1.165) is 25.8 Å². The fraction of sp³-hybridized carbons (Fsp3) is 0.125. The number of benzene rings is 4. The van der Waals surface area contributed by atoms with Gasteiger partial charge in [-0.25, -0.2) is 4.99 Å². The summed E-state index contributed by atoms with van der Waals surface area (Å²) in [6, 6.07) is 20.8. The second-order valence-corrected chi connectivity index (χ2v) is 12.7. The van der Waals surface area contributed by atoms with Gasteiger partial charge in [-0.05, 0) is 125 Å². The number of ether oxygens (including phenoxy) is 2. The number of carbonyl (C=O) groups excluding carboxylic acids is 1. The Hall–Kier alpha value is -3.58. The normalized spacial score (nSPS) is 14.9. The van der Waals surface area contributed by atoms with Crippen LogP contribution < -0.4 is 14.4 Å². The van der Waals surface area contributed by atoms with Crippen molar-refractivity contribution in [3.05, 3.63) is 124 Å². The van der Waals surface area contributed by atoms with E-state index in [0.29, 0.717) is 43.0 Å². The first-order valence-corrected chi connectivity index (χ1v) is 15.8. The van der Waals surface area contributed by atoms with Crippen molar-refractivity contribution in [3.8, 4) is 11.5 Å². The molecule has 4 aromatic carbocycles. The van der Waals surface area contributed by atoms with Crippen LogP contribution >= 0.6 is 57.6 Å². The molecular formula is C32H24Cl2IN3O5S. The summed E-state index contributed by atoms with van der Waals surface area (Å²) in [6.45, 7) is 4.00. The van der Waals surface area contributed by atoms with Crippen LogP contribution in [0.15, 0.2) is 82.7 Å². The second kappa shape index (κ2) is 13.6. The number of nitrogens with zero attached hydrogens (tertiary/aromatic N) is 3. The SMILES string of the molecule is COc1cc(/C=C2/SC(=Nc3ccc(C)c(Cl)c3)N(c3ccc(C)c(Cl)c3)C2=O)cc(I)c1OCc1ccc([N+](=O)[O-])cc1. The molecule has 1 heterocycles. The summed E-state index contributed by atoms with van der Waals surface area (Å²) in [5, 5.41) is 12.5. The van der Waals surface area contributed by atoms with Crippen molar-refractivity contribution in [3.63, 3.8) is 0 Å². The van der Waals surface area contributed by atoms with Crippen LogP contribution in [0.25, 0.3) is 6.08 Å². The van der Waals surface area contributed by atoms with Crippen LogP contribution in [-0.4, -0.2) is 23.1 Å². The zero-order valence-electron chi connectivity index (χ0n) is 23.6. The molecule has 0 atom stereocenters. The van der Waals surface area contributed by atoms with Crippen molar-refractivity contribution < 1.29 is 19.2 Å². The number of halogens is 3. The quantitative estimate of drug-likeness (QED) is 0.0769. The Morgan fingerprint density at radius 3 is 2.32 bits per heavy atom. The van der Waals surface area contributed by atoms with E-state index in [4.69, 9.17) is 37.7 Å². The van der Waals surface area contributed by atoms with Crippen LogP contribution in [0.4, 0.5) is 17.1 Å². The third-order valence-electron chi connectivity index (χ3n) is 6.68. The minimum Gasteiger partial charge on any atom is -0.493 e. The van der Waals surface area contributed by atoms with E-state index in [-0.39, 0.29) is 18.2 Å². The Kier molecular flexibility index (Phi) is 9.84. The summed E-state index contributed by atoms with van der Waals surface area (Å²) >= 11 is 16.2. The Morgan fingerprint density at radius 1 is 1.00 bits per heavy atom. The molecule has 0 aromatic heterocycles. The average molecular weight is 760 g/mol. The molecule has 0 bridgehead atoms. The van der Waals surface area contributed by atoms with E-state index in [1.54, 1.807) is 41.3 Å². The number of amides is 1. The van der Waals surface area contributed by atoms with E-state index < -0.39 is 4.92 Å². The van der Waals surface area contributed by atoms with Gasteiger partial charge >= 0.3 is 0 Å². The van der Waals surface area contributed by atoms with Gasteiger partial charge in [0, 0.05) is 22.2 Å². The molecule has 0 radical (unpaired) electrons. The first-order valence-electron chi connectivity index (χ1n) is 13.1.